The van der Waals surface area contributed by atoms with E-state index in [-0.39, 0.29) is 11.8 Å². The molecule has 0 aliphatic carbocycles. The topological polar surface area (TPSA) is 62.3 Å². The van der Waals surface area contributed by atoms with Crippen molar-refractivity contribution < 1.29 is 9.59 Å². The van der Waals surface area contributed by atoms with E-state index < -0.39 is 5.41 Å². The van der Waals surface area contributed by atoms with Crippen LogP contribution in [0.3, 0.4) is 0 Å². The SMILES string of the molecule is C=CC(=O)N1CCC2(C1)C(=O)Nc1ncccc12. The molecule has 2 amide bonds. The van der Waals surface area contributed by atoms with Gasteiger partial charge in [-0.05, 0) is 18.6 Å². The number of anilines is 1. The summed E-state index contributed by atoms with van der Waals surface area (Å²) in [4.78, 5) is 29.7. The molecule has 3 heterocycles. The van der Waals surface area contributed by atoms with Crippen molar-refractivity contribution in [1.82, 2.24) is 9.88 Å². The van der Waals surface area contributed by atoms with Crippen LogP contribution in [0.4, 0.5) is 5.82 Å². The fourth-order valence-electron chi connectivity index (χ4n) is 2.77. The molecule has 1 aromatic rings. The molecule has 5 heteroatoms. The highest BCUT2D eigenvalue weighted by molar-refractivity contribution is 6.06. The molecule has 1 fully saturated rings. The first-order valence-corrected chi connectivity index (χ1v) is 5.86. The highest BCUT2D eigenvalue weighted by Gasteiger charge is 2.52. The fourth-order valence-corrected chi connectivity index (χ4v) is 2.77. The van der Waals surface area contributed by atoms with E-state index in [1.54, 1.807) is 11.1 Å². The van der Waals surface area contributed by atoms with E-state index in [9.17, 15) is 9.59 Å². The third kappa shape index (κ3) is 1.30. The number of rotatable bonds is 1. The van der Waals surface area contributed by atoms with Crippen molar-refractivity contribution in [3.63, 3.8) is 0 Å². The van der Waals surface area contributed by atoms with Crippen molar-refractivity contribution in [1.29, 1.82) is 0 Å². The highest BCUT2D eigenvalue weighted by atomic mass is 16.2. The predicted molar refractivity (Wildman–Crippen MR) is 65.9 cm³/mol. The van der Waals surface area contributed by atoms with Gasteiger partial charge in [-0.1, -0.05) is 12.6 Å². The van der Waals surface area contributed by atoms with E-state index in [0.29, 0.717) is 25.3 Å². The smallest absolute Gasteiger partial charge is 0.245 e. The Kier molecular flexibility index (Phi) is 2.23. The quantitative estimate of drug-likeness (QED) is 0.738. The van der Waals surface area contributed by atoms with Gasteiger partial charge in [-0.25, -0.2) is 4.98 Å². The van der Waals surface area contributed by atoms with E-state index in [2.05, 4.69) is 16.9 Å². The maximum absolute atomic E-state index is 12.2. The van der Waals surface area contributed by atoms with Crippen molar-refractivity contribution in [3.05, 3.63) is 36.5 Å². The normalized spacial score (nSPS) is 25.1. The van der Waals surface area contributed by atoms with Gasteiger partial charge < -0.3 is 10.2 Å². The Balaban J connectivity index is 2.00. The van der Waals surface area contributed by atoms with Gasteiger partial charge in [-0.2, -0.15) is 0 Å². The Morgan fingerprint density at radius 3 is 3.22 bits per heavy atom. The molecule has 0 aromatic carbocycles. The highest BCUT2D eigenvalue weighted by Crippen LogP contribution is 2.42. The summed E-state index contributed by atoms with van der Waals surface area (Å²) >= 11 is 0. The number of hydrogen-bond acceptors (Lipinski definition) is 3. The third-order valence-corrected chi connectivity index (χ3v) is 3.75. The number of nitrogens with zero attached hydrogens (tertiary/aromatic N) is 2. The van der Waals surface area contributed by atoms with E-state index in [1.807, 2.05) is 12.1 Å². The van der Waals surface area contributed by atoms with Gasteiger partial charge in [0.1, 0.15) is 5.82 Å². The Morgan fingerprint density at radius 1 is 1.61 bits per heavy atom. The van der Waals surface area contributed by atoms with E-state index in [0.717, 1.165) is 5.56 Å². The summed E-state index contributed by atoms with van der Waals surface area (Å²) < 4.78 is 0. The summed E-state index contributed by atoms with van der Waals surface area (Å²) in [7, 11) is 0. The second kappa shape index (κ2) is 3.66. The van der Waals surface area contributed by atoms with Crippen molar-refractivity contribution in [2.45, 2.75) is 11.8 Å². The molecule has 1 saturated heterocycles. The van der Waals surface area contributed by atoms with Gasteiger partial charge in [0.05, 0.1) is 5.41 Å². The number of fused-ring (bicyclic) bond motifs is 2. The van der Waals surface area contributed by atoms with Crippen LogP contribution in [0.2, 0.25) is 0 Å². The molecule has 1 N–H and O–H groups in total. The lowest BCUT2D eigenvalue weighted by atomic mass is 9.81. The number of pyridine rings is 1. The molecular weight excluding hydrogens is 230 g/mol. The van der Waals surface area contributed by atoms with Crippen molar-refractivity contribution in [2.75, 3.05) is 18.4 Å². The molecule has 1 atom stereocenters. The van der Waals surface area contributed by atoms with Gasteiger partial charge in [0.2, 0.25) is 11.8 Å². The Bertz CT molecular complexity index is 555. The molecule has 2 aliphatic rings. The minimum Gasteiger partial charge on any atom is -0.338 e. The molecule has 5 nitrogen and oxygen atoms in total. The summed E-state index contributed by atoms with van der Waals surface area (Å²) in [5, 5.41) is 2.79. The lowest BCUT2D eigenvalue weighted by molar-refractivity contribution is -0.125. The molecule has 0 radical (unpaired) electrons. The average molecular weight is 243 g/mol. The second-order valence-corrected chi connectivity index (χ2v) is 4.65. The minimum absolute atomic E-state index is 0.0597. The molecule has 1 unspecified atom stereocenters. The van der Waals surface area contributed by atoms with Crippen LogP contribution in [0, 0.1) is 0 Å². The van der Waals surface area contributed by atoms with Crippen LogP contribution < -0.4 is 5.32 Å². The van der Waals surface area contributed by atoms with Crippen LogP contribution in [0.15, 0.2) is 31.0 Å². The van der Waals surface area contributed by atoms with Crippen LogP contribution in [0.5, 0.6) is 0 Å². The molecule has 1 aromatic heterocycles. The molecule has 18 heavy (non-hydrogen) atoms. The van der Waals surface area contributed by atoms with Gasteiger partial charge in [0.25, 0.3) is 0 Å². The standard InChI is InChI=1S/C13H13N3O2/c1-2-10(17)16-7-5-13(8-16)9-4-3-6-14-11(9)15-12(13)18/h2-4,6H,1,5,7-8H2,(H,14,15,18). The first kappa shape index (κ1) is 11.0. The number of likely N-dealkylation sites (tertiary alicyclic amines) is 1. The zero-order chi connectivity index (χ0) is 12.8. The summed E-state index contributed by atoms with van der Waals surface area (Å²) in [6.45, 7) is 4.46. The lowest BCUT2D eigenvalue weighted by Crippen LogP contribution is -2.38. The maximum Gasteiger partial charge on any atom is 0.245 e. The van der Waals surface area contributed by atoms with Gasteiger partial charge in [0.15, 0.2) is 0 Å². The Morgan fingerprint density at radius 2 is 2.44 bits per heavy atom. The molecule has 92 valence electrons. The summed E-state index contributed by atoms with van der Waals surface area (Å²) in [5.74, 6) is 0.433. The first-order chi connectivity index (χ1) is 8.67. The number of aromatic nitrogens is 1. The second-order valence-electron chi connectivity index (χ2n) is 4.65. The van der Waals surface area contributed by atoms with Crippen LogP contribution in [-0.2, 0) is 15.0 Å². The lowest BCUT2D eigenvalue weighted by Gasteiger charge is -2.21. The van der Waals surface area contributed by atoms with E-state index in [1.165, 1.54) is 6.08 Å². The largest absolute Gasteiger partial charge is 0.338 e. The number of carbonyl (C=O) groups is 2. The van der Waals surface area contributed by atoms with Crippen LogP contribution in [-0.4, -0.2) is 34.8 Å². The maximum atomic E-state index is 12.2. The van der Waals surface area contributed by atoms with Crippen molar-refractivity contribution >= 4 is 17.6 Å². The van der Waals surface area contributed by atoms with Crippen LogP contribution in [0.25, 0.3) is 0 Å². The predicted octanol–water partition coefficient (Wildman–Crippen LogP) is 0.690. The average Bonchev–Trinajstić information content (AvgIpc) is 2.94. The van der Waals surface area contributed by atoms with Crippen LogP contribution >= 0.6 is 0 Å². The Labute approximate surface area is 105 Å². The van der Waals surface area contributed by atoms with Crippen molar-refractivity contribution in [3.8, 4) is 0 Å². The molecular formula is C13H13N3O2. The first-order valence-electron chi connectivity index (χ1n) is 5.86. The Hall–Kier alpha value is -2.17. The molecule has 3 rings (SSSR count). The van der Waals surface area contributed by atoms with Gasteiger partial charge >= 0.3 is 0 Å². The summed E-state index contributed by atoms with van der Waals surface area (Å²) in [6, 6.07) is 3.72. The van der Waals surface area contributed by atoms with Gasteiger partial charge in [0, 0.05) is 24.8 Å². The van der Waals surface area contributed by atoms with Crippen molar-refractivity contribution in [2.24, 2.45) is 0 Å². The zero-order valence-electron chi connectivity index (χ0n) is 9.85. The third-order valence-electron chi connectivity index (χ3n) is 3.75. The molecule has 2 aliphatic heterocycles. The van der Waals surface area contributed by atoms with Crippen LogP contribution in [0.1, 0.15) is 12.0 Å². The molecule has 0 saturated carbocycles. The molecule has 0 bridgehead atoms. The zero-order valence-corrected chi connectivity index (χ0v) is 9.85. The number of amides is 2. The monoisotopic (exact) mass is 243 g/mol. The van der Waals surface area contributed by atoms with E-state index >= 15 is 0 Å². The summed E-state index contributed by atoms with van der Waals surface area (Å²) in [6.07, 6.45) is 3.58. The van der Waals surface area contributed by atoms with E-state index in [4.69, 9.17) is 0 Å². The van der Waals surface area contributed by atoms with Gasteiger partial charge in [-0.15, -0.1) is 0 Å². The molecule has 1 spiro atoms. The summed E-state index contributed by atoms with van der Waals surface area (Å²) in [5.41, 5.74) is 0.275. The fraction of sp³-hybridized carbons (Fsp3) is 0.308. The number of nitrogens with one attached hydrogen (secondary N) is 1. The van der Waals surface area contributed by atoms with Gasteiger partial charge in [-0.3, -0.25) is 9.59 Å². The number of hydrogen-bond donors (Lipinski definition) is 1. The number of carbonyl (C=O) groups excluding carboxylic acids is 2. The minimum atomic E-state index is -0.623.